The molecule has 94 valence electrons. The van der Waals surface area contributed by atoms with Crippen molar-refractivity contribution in [1.82, 2.24) is 19.7 Å². The molecule has 3 heterocycles. The van der Waals surface area contributed by atoms with E-state index in [0.29, 0.717) is 5.52 Å². The van der Waals surface area contributed by atoms with Gasteiger partial charge in [0.25, 0.3) is 0 Å². The van der Waals surface area contributed by atoms with Gasteiger partial charge >= 0.3 is 6.16 Å². The minimum atomic E-state index is -1.40. The second-order valence-corrected chi connectivity index (χ2v) is 3.73. The fraction of sp³-hybridized carbons (Fsp3) is 0. The number of ether oxygens (including phenoxy) is 1. The first-order chi connectivity index (χ1) is 9.22. The van der Waals surface area contributed by atoms with Crippen molar-refractivity contribution in [3.63, 3.8) is 0 Å². The van der Waals surface area contributed by atoms with Crippen LogP contribution in [0.15, 0.2) is 43.0 Å². The van der Waals surface area contributed by atoms with Gasteiger partial charge in [-0.25, -0.2) is 14.5 Å². The highest BCUT2D eigenvalue weighted by molar-refractivity contribution is 5.79. The summed E-state index contributed by atoms with van der Waals surface area (Å²) in [6.45, 7) is 0. The smallest absolute Gasteiger partial charge is 0.449 e. The molecule has 0 fully saturated rings. The summed E-state index contributed by atoms with van der Waals surface area (Å²) in [6, 6.07) is 5.18. The van der Waals surface area contributed by atoms with Crippen LogP contribution in [0.25, 0.3) is 16.6 Å². The molecule has 0 unspecified atom stereocenters. The summed E-state index contributed by atoms with van der Waals surface area (Å²) in [5, 5.41) is 13.6. The fourth-order valence-electron chi connectivity index (χ4n) is 1.67. The van der Waals surface area contributed by atoms with Gasteiger partial charge in [-0.05, 0) is 12.1 Å². The molecule has 0 aliphatic heterocycles. The summed E-state index contributed by atoms with van der Waals surface area (Å²) in [7, 11) is 0. The Balaban J connectivity index is 2.04. The van der Waals surface area contributed by atoms with Crippen molar-refractivity contribution in [2.24, 2.45) is 0 Å². The Labute approximate surface area is 107 Å². The Kier molecular flexibility index (Phi) is 2.57. The van der Waals surface area contributed by atoms with Crippen molar-refractivity contribution in [3.05, 3.63) is 43.0 Å². The number of hydrogen-bond donors (Lipinski definition) is 1. The second kappa shape index (κ2) is 4.37. The molecular weight excluding hydrogens is 248 g/mol. The molecule has 3 aromatic rings. The molecule has 0 atom stereocenters. The Bertz CT molecular complexity index is 739. The van der Waals surface area contributed by atoms with Gasteiger partial charge in [0, 0.05) is 23.8 Å². The molecule has 19 heavy (non-hydrogen) atoms. The van der Waals surface area contributed by atoms with E-state index in [4.69, 9.17) is 5.11 Å². The van der Waals surface area contributed by atoms with Crippen molar-refractivity contribution in [2.45, 2.75) is 0 Å². The van der Waals surface area contributed by atoms with Crippen molar-refractivity contribution >= 4 is 17.1 Å². The van der Waals surface area contributed by atoms with Crippen molar-refractivity contribution in [1.29, 1.82) is 0 Å². The number of aromatic nitrogens is 4. The number of carboxylic acid groups (broad SMARTS) is 1. The molecule has 0 saturated carbocycles. The number of carbonyl (C=O) groups is 1. The lowest BCUT2D eigenvalue weighted by Crippen LogP contribution is -2.03. The van der Waals surface area contributed by atoms with Crippen LogP contribution in [-0.2, 0) is 0 Å². The van der Waals surface area contributed by atoms with Crippen molar-refractivity contribution < 1.29 is 14.6 Å². The monoisotopic (exact) mass is 256 g/mol. The molecule has 0 radical (unpaired) electrons. The van der Waals surface area contributed by atoms with Crippen LogP contribution in [0.4, 0.5) is 4.79 Å². The summed E-state index contributed by atoms with van der Waals surface area (Å²) in [5.74, 6) is 0.0192. The molecular formula is C12H8N4O3. The van der Waals surface area contributed by atoms with E-state index in [1.165, 1.54) is 12.3 Å². The molecule has 0 aliphatic rings. The zero-order chi connectivity index (χ0) is 13.2. The molecule has 0 aromatic carbocycles. The van der Waals surface area contributed by atoms with Crippen LogP contribution in [0.1, 0.15) is 0 Å². The molecule has 3 rings (SSSR count). The van der Waals surface area contributed by atoms with E-state index in [9.17, 15) is 4.79 Å². The summed E-state index contributed by atoms with van der Waals surface area (Å²) < 4.78 is 6.14. The lowest BCUT2D eigenvalue weighted by atomic mass is 10.3. The highest BCUT2D eigenvalue weighted by Gasteiger charge is 2.07. The maximum absolute atomic E-state index is 10.4. The van der Waals surface area contributed by atoms with Gasteiger partial charge in [-0.1, -0.05) is 0 Å². The summed E-state index contributed by atoms with van der Waals surface area (Å²) in [6.07, 6.45) is 5.16. The fourth-order valence-corrected chi connectivity index (χ4v) is 1.67. The largest absolute Gasteiger partial charge is 0.512 e. The topological polar surface area (TPSA) is 90.1 Å². The van der Waals surface area contributed by atoms with Crippen LogP contribution in [0.5, 0.6) is 5.88 Å². The first-order valence-electron chi connectivity index (χ1n) is 5.39. The Hall–Kier alpha value is -2.96. The molecule has 0 spiro atoms. The SMILES string of the molecule is O=C(O)Oc1cc2cn(-c3cccnc3)nc2cn1. The minimum Gasteiger partial charge on any atom is -0.449 e. The number of rotatable bonds is 2. The zero-order valence-corrected chi connectivity index (χ0v) is 9.59. The Morgan fingerprint density at radius 3 is 3.00 bits per heavy atom. The third kappa shape index (κ3) is 2.21. The molecule has 1 N–H and O–H groups in total. The molecule has 0 bridgehead atoms. The molecule has 0 saturated heterocycles. The van der Waals surface area contributed by atoms with Gasteiger partial charge in [0.05, 0.1) is 18.1 Å². The van der Waals surface area contributed by atoms with Crippen LogP contribution in [-0.4, -0.2) is 31.0 Å². The minimum absolute atomic E-state index is 0.0192. The van der Waals surface area contributed by atoms with Gasteiger partial charge in [0.2, 0.25) is 5.88 Å². The first-order valence-corrected chi connectivity index (χ1v) is 5.39. The number of nitrogens with zero attached hydrogens (tertiary/aromatic N) is 4. The van der Waals surface area contributed by atoms with E-state index in [0.717, 1.165) is 11.1 Å². The summed E-state index contributed by atoms with van der Waals surface area (Å²) in [5.41, 5.74) is 1.45. The lowest BCUT2D eigenvalue weighted by molar-refractivity contribution is 0.142. The Morgan fingerprint density at radius 1 is 1.37 bits per heavy atom. The third-order valence-corrected chi connectivity index (χ3v) is 2.47. The first kappa shape index (κ1) is 11.1. The van der Waals surface area contributed by atoms with Gasteiger partial charge in [-0.3, -0.25) is 4.98 Å². The van der Waals surface area contributed by atoms with E-state index in [1.807, 2.05) is 6.07 Å². The average Bonchev–Trinajstić information content (AvgIpc) is 2.82. The van der Waals surface area contributed by atoms with Gasteiger partial charge in [0.15, 0.2) is 0 Å². The van der Waals surface area contributed by atoms with E-state index >= 15 is 0 Å². The predicted octanol–water partition coefficient (Wildman–Crippen LogP) is 1.87. The van der Waals surface area contributed by atoms with Crippen LogP contribution in [0.3, 0.4) is 0 Å². The summed E-state index contributed by atoms with van der Waals surface area (Å²) in [4.78, 5) is 18.3. The van der Waals surface area contributed by atoms with Gasteiger partial charge in [0.1, 0.15) is 5.52 Å². The van der Waals surface area contributed by atoms with Crippen LogP contribution >= 0.6 is 0 Å². The molecule has 7 nitrogen and oxygen atoms in total. The van der Waals surface area contributed by atoms with Crippen molar-refractivity contribution in [2.75, 3.05) is 0 Å². The van der Waals surface area contributed by atoms with Gasteiger partial charge in [-0.15, -0.1) is 0 Å². The summed E-state index contributed by atoms with van der Waals surface area (Å²) >= 11 is 0. The number of fused-ring (bicyclic) bond motifs is 1. The van der Waals surface area contributed by atoms with Crippen LogP contribution < -0.4 is 4.74 Å². The molecule has 7 heteroatoms. The Morgan fingerprint density at radius 2 is 2.26 bits per heavy atom. The second-order valence-electron chi connectivity index (χ2n) is 3.73. The molecule has 0 aliphatic carbocycles. The van der Waals surface area contributed by atoms with Gasteiger partial charge in [-0.2, -0.15) is 5.10 Å². The van der Waals surface area contributed by atoms with Gasteiger partial charge < -0.3 is 9.84 Å². The average molecular weight is 256 g/mol. The highest BCUT2D eigenvalue weighted by atomic mass is 16.7. The zero-order valence-electron chi connectivity index (χ0n) is 9.59. The van der Waals surface area contributed by atoms with E-state index in [1.54, 1.807) is 29.3 Å². The maximum atomic E-state index is 10.4. The standard InChI is InChI=1S/C12H8N4O3/c17-12(18)19-11-4-8-7-16(15-10(8)6-14-11)9-2-1-3-13-5-9/h1-7H,(H,17,18). The molecule has 0 amide bonds. The highest BCUT2D eigenvalue weighted by Crippen LogP contribution is 2.18. The maximum Gasteiger partial charge on any atom is 0.512 e. The normalized spacial score (nSPS) is 10.5. The quantitative estimate of drug-likeness (QED) is 0.704. The molecule has 3 aromatic heterocycles. The number of hydrogen-bond acceptors (Lipinski definition) is 5. The van der Waals surface area contributed by atoms with E-state index < -0.39 is 6.16 Å². The van der Waals surface area contributed by atoms with E-state index in [-0.39, 0.29) is 5.88 Å². The van der Waals surface area contributed by atoms with Crippen LogP contribution in [0, 0.1) is 0 Å². The lowest BCUT2D eigenvalue weighted by Gasteiger charge is -1.97. The van der Waals surface area contributed by atoms with Crippen LogP contribution in [0.2, 0.25) is 0 Å². The predicted molar refractivity (Wildman–Crippen MR) is 65.3 cm³/mol. The van der Waals surface area contributed by atoms with E-state index in [2.05, 4.69) is 19.8 Å². The number of pyridine rings is 2. The third-order valence-electron chi connectivity index (χ3n) is 2.47. The van der Waals surface area contributed by atoms with Crippen molar-refractivity contribution in [3.8, 4) is 11.6 Å².